The highest BCUT2D eigenvalue weighted by molar-refractivity contribution is 5.82. The fraction of sp³-hybridized carbons (Fsp3) is 0.923. The molecule has 1 atom stereocenters. The minimum Gasteiger partial charge on any atom is -0.355 e. The van der Waals surface area contributed by atoms with E-state index in [1.165, 1.54) is 25.7 Å². The van der Waals surface area contributed by atoms with Gasteiger partial charge in [0.15, 0.2) is 0 Å². The number of hydrogen-bond acceptors (Lipinski definition) is 3. The van der Waals surface area contributed by atoms with Crippen molar-refractivity contribution in [1.29, 1.82) is 0 Å². The third-order valence-corrected chi connectivity index (χ3v) is 4.31. The molecule has 0 spiro atoms. The maximum Gasteiger partial charge on any atom is 0.238 e. The maximum absolute atomic E-state index is 12.1. The first-order valence-electron chi connectivity index (χ1n) is 6.82. The molecule has 3 N–H and O–H groups in total. The number of rotatable bonds is 2. The van der Waals surface area contributed by atoms with Crippen LogP contribution >= 0.6 is 0 Å². The van der Waals surface area contributed by atoms with Crippen molar-refractivity contribution in [2.45, 2.75) is 63.6 Å². The number of nitrogens with zero attached hydrogens (tertiary/aromatic N) is 1. The van der Waals surface area contributed by atoms with E-state index in [2.05, 4.69) is 24.1 Å². The van der Waals surface area contributed by atoms with Crippen LogP contribution in [-0.2, 0) is 4.79 Å². The van der Waals surface area contributed by atoms with Crippen molar-refractivity contribution in [3.8, 4) is 0 Å². The van der Waals surface area contributed by atoms with E-state index in [9.17, 15) is 4.79 Å². The molecular weight excluding hydrogens is 214 g/mol. The average molecular weight is 239 g/mol. The largest absolute Gasteiger partial charge is 0.355 e. The lowest BCUT2D eigenvalue weighted by atomic mass is 9.93. The zero-order chi connectivity index (χ0) is 12.5. The molecule has 4 heteroatoms. The van der Waals surface area contributed by atoms with E-state index in [0.29, 0.717) is 12.6 Å². The van der Waals surface area contributed by atoms with Gasteiger partial charge in [-0.3, -0.25) is 9.69 Å². The van der Waals surface area contributed by atoms with E-state index in [4.69, 9.17) is 5.73 Å². The normalized spacial score (nSPS) is 31.2. The predicted octanol–water partition coefficient (Wildman–Crippen LogP) is 0.857. The summed E-state index contributed by atoms with van der Waals surface area (Å²) in [5.41, 5.74) is 5.91. The number of carbonyl (C=O) groups is 1. The smallest absolute Gasteiger partial charge is 0.238 e. The van der Waals surface area contributed by atoms with Crippen molar-refractivity contribution in [2.75, 3.05) is 13.1 Å². The van der Waals surface area contributed by atoms with Gasteiger partial charge in [-0.25, -0.2) is 0 Å². The molecule has 0 aromatic carbocycles. The molecule has 2 fully saturated rings. The van der Waals surface area contributed by atoms with E-state index in [0.717, 1.165) is 13.0 Å². The summed E-state index contributed by atoms with van der Waals surface area (Å²) >= 11 is 0. The van der Waals surface area contributed by atoms with E-state index in [-0.39, 0.29) is 17.5 Å². The van der Waals surface area contributed by atoms with Crippen LogP contribution in [0.15, 0.2) is 0 Å². The van der Waals surface area contributed by atoms with Crippen LogP contribution in [0.2, 0.25) is 0 Å². The van der Waals surface area contributed by atoms with Crippen molar-refractivity contribution in [2.24, 2.45) is 5.73 Å². The summed E-state index contributed by atoms with van der Waals surface area (Å²) in [5.74, 6) is 0.116. The van der Waals surface area contributed by atoms with Gasteiger partial charge in [-0.15, -0.1) is 0 Å². The number of nitrogens with one attached hydrogen (secondary N) is 1. The molecule has 1 aliphatic carbocycles. The van der Waals surface area contributed by atoms with Gasteiger partial charge in [-0.2, -0.15) is 0 Å². The van der Waals surface area contributed by atoms with Crippen LogP contribution in [0.25, 0.3) is 0 Å². The highest BCUT2D eigenvalue weighted by Gasteiger charge is 2.42. The van der Waals surface area contributed by atoms with Gasteiger partial charge in [0.05, 0.1) is 0 Å². The third-order valence-electron chi connectivity index (χ3n) is 4.31. The molecule has 1 amide bonds. The van der Waals surface area contributed by atoms with Crippen LogP contribution in [0.5, 0.6) is 0 Å². The number of hydrogen-bond donors (Lipinski definition) is 2. The Hall–Kier alpha value is -0.610. The van der Waals surface area contributed by atoms with Crippen LogP contribution in [-0.4, -0.2) is 41.5 Å². The SMILES string of the molecule is CC1(C)CCNC(=O)C(CN)N1C1CCCC1. The standard InChI is InChI=1S/C13H25N3O/c1-13(2)7-8-15-12(17)11(9-14)16(13)10-5-3-4-6-10/h10-11H,3-9,14H2,1-2H3,(H,15,17). The minimum atomic E-state index is -0.143. The highest BCUT2D eigenvalue weighted by Crippen LogP contribution is 2.33. The molecule has 0 radical (unpaired) electrons. The molecule has 98 valence electrons. The second-order valence-corrected chi connectivity index (χ2v) is 5.95. The predicted molar refractivity (Wildman–Crippen MR) is 68.6 cm³/mol. The van der Waals surface area contributed by atoms with Crippen LogP contribution < -0.4 is 11.1 Å². The Kier molecular flexibility index (Phi) is 3.73. The van der Waals surface area contributed by atoms with Crippen molar-refractivity contribution >= 4 is 5.91 Å². The number of amides is 1. The summed E-state index contributed by atoms with van der Waals surface area (Å²) in [4.78, 5) is 14.5. The van der Waals surface area contributed by atoms with E-state index in [1.807, 2.05) is 0 Å². The molecule has 2 rings (SSSR count). The van der Waals surface area contributed by atoms with Gasteiger partial charge in [0, 0.05) is 24.7 Å². The summed E-state index contributed by atoms with van der Waals surface area (Å²) in [6, 6.07) is 0.401. The Morgan fingerprint density at radius 3 is 2.65 bits per heavy atom. The van der Waals surface area contributed by atoms with Gasteiger partial charge in [0.2, 0.25) is 5.91 Å². The van der Waals surface area contributed by atoms with Crippen molar-refractivity contribution in [3.05, 3.63) is 0 Å². The Balaban J connectivity index is 2.26. The van der Waals surface area contributed by atoms with Gasteiger partial charge in [-0.1, -0.05) is 12.8 Å². The molecule has 17 heavy (non-hydrogen) atoms. The van der Waals surface area contributed by atoms with Crippen LogP contribution in [0.3, 0.4) is 0 Å². The third kappa shape index (κ3) is 2.47. The fourth-order valence-electron chi connectivity index (χ4n) is 3.44. The maximum atomic E-state index is 12.1. The average Bonchev–Trinajstić information content (AvgIpc) is 2.73. The minimum absolute atomic E-state index is 0.0677. The fourth-order valence-corrected chi connectivity index (χ4v) is 3.44. The first-order chi connectivity index (χ1) is 8.06. The molecule has 0 aromatic heterocycles. The number of nitrogens with two attached hydrogens (primary N) is 1. The van der Waals surface area contributed by atoms with Crippen LogP contribution in [0, 0.1) is 0 Å². The van der Waals surface area contributed by atoms with Gasteiger partial charge >= 0.3 is 0 Å². The Morgan fingerprint density at radius 2 is 2.06 bits per heavy atom. The summed E-state index contributed by atoms with van der Waals surface area (Å²) in [6.45, 7) is 5.68. The van der Waals surface area contributed by atoms with Crippen molar-refractivity contribution in [1.82, 2.24) is 10.2 Å². The van der Waals surface area contributed by atoms with Crippen LogP contribution in [0.1, 0.15) is 46.0 Å². The molecular formula is C13H25N3O. The van der Waals surface area contributed by atoms with E-state index < -0.39 is 0 Å². The quantitative estimate of drug-likeness (QED) is 0.751. The zero-order valence-electron chi connectivity index (χ0n) is 11.0. The number of carbonyl (C=O) groups excluding carboxylic acids is 1. The molecule has 4 nitrogen and oxygen atoms in total. The second kappa shape index (κ2) is 4.94. The molecule has 1 unspecified atom stereocenters. The van der Waals surface area contributed by atoms with E-state index >= 15 is 0 Å². The van der Waals surface area contributed by atoms with Gasteiger partial charge in [0.1, 0.15) is 6.04 Å². The molecule has 1 saturated carbocycles. The molecule has 0 bridgehead atoms. The Labute approximate surface area is 104 Å². The summed E-state index contributed by atoms with van der Waals surface area (Å²) in [5, 5.41) is 2.99. The molecule has 1 saturated heterocycles. The van der Waals surface area contributed by atoms with Gasteiger partial charge < -0.3 is 11.1 Å². The van der Waals surface area contributed by atoms with Gasteiger partial charge in [-0.05, 0) is 33.1 Å². The summed E-state index contributed by atoms with van der Waals surface area (Å²) < 4.78 is 0. The lowest BCUT2D eigenvalue weighted by Gasteiger charge is -2.44. The van der Waals surface area contributed by atoms with Crippen molar-refractivity contribution in [3.63, 3.8) is 0 Å². The molecule has 0 aromatic rings. The summed E-state index contributed by atoms with van der Waals surface area (Å²) in [6.07, 6.45) is 6.01. The first kappa shape index (κ1) is 12.8. The second-order valence-electron chi connectivity index (χ2n) is 5.95. The monoisotopic (exact) mass is 239 g/mol. The first-order valence-corrected chi connectivity index (χ1v) is 6.82. The van der Waals surface area contributed by atoms with Gasteiger partial charge in [0.25, 0.3) is 0 Å². The highest BCUT2D eigenvalue weighted by atomic mass is 16.2. The molecule has 2 aliphatic rings. The Bertz CT molecular complexity index is 284. The van der Waals surface area contributed by atoms with Crippen molar-refractivity contribution < 1.29 is 4.79 Å². The molecule has 1 aliphatic heterocycles. The lowest BCUT2D eigenvalue weighted by Crippen LogP contribution is -2.59. The summed E-state index contributed by atoms with van der Waals surface area (Å²) in [7, 11) is 0. The lowest BCUT2D eigenvalue weighted by molar-refractivity contribution is -0.128. The topological polar surface area (TPSA) is 58.4 Å². The van der Waals surface area contributed by atoms with E-state index in [1.54, 1.807) is 0 Å². The Morgan fingerprint density at radius 1 is 1.41 bits per heavy atom. The zero-order valence-corrected chi connectivity index (χ0v) is 11.0. The van der Waals surface area contributed by atoms with Crippen LogP contribution in [0.4, 0.5) is 0 Å². The molecule has 1 heterocycles.